The van der Waals surface area contributed by atoms with Crippen molar-refractivity contribution >= 4 is 23.2 Å². The summed E-state index contributed by atoms with van der Waals surface area (Å²) in [6.07, 6.45) is 4.96. The Morgan fingerprint density at radius 1 is 1.10 bits per heavy atom. The molecule has 0 fully saturated rings. The lowest BCUT2D eigenvalue weighted by atomic mass is 9.81. The van der Waals surface area contributed by atoms with Gasteiger partial charge in [0.15, 0.2) is 5.78 Å². The minimum absolute atomic E-state index is 0.194. The van der Waals surface area contributed by atoms with Gasteiger partial charge in [0.25, 0.3) is 0 Å². The van der Waals surface area contributed by atoms with Gasteiger partial charge in [-0.1, -0.05) is 30.7 Å². The molecule has 0 amide bonds. The third-order valence-corrected chi connectivity index (χ3v) is 5.99. The lowest BCUT2D eigenvalue weighted by Crippen LogP contribution is -2.33. The van der Waals surface area contributed by atoms with Gasteiger partial charge < -0.3 is 5.32 Å². The third kappa shape index (κ3) is 2.97. The molecule has 1 aliphatic heterocycles. The first kappa shape index (κ1) is 18.1. The Balaban J connectivity index is 1.74. The van der Waals surface area contributed by atoms with Crippen molar-refractivity contribution in [1.29, 1.82) is 0 Å². The number of carbonyl (C=O) groups excluding carboxylic acids is 1. The summed E-state index contributed by atoms with van der Waals surface area (Å²) >= 11 is 6.10. The standard InChI is InChI=1S/C23H21ClN4O/c1-13-11-18-21(19(29)12-13)22(16-7-9-25-10-8-16)28-23(26-18)20(14(2)27-28)15-3-5-17(24)6-4-15/h3-10,13,22,26H,11-12H2,1-2H3/t13-,22-/m1/s1. The number of hydrogen-bond acceptors (Lipinski definition) is 4. The molecule has 1 aliphatic carbocycles. The molecule has 0 saturated heterocycles. The molecular formula is C23H21ClN4O. The van der Waals surface area contributed by atoms with Crippen molar-refractivity contribution in [3.63, 3.8) is 0 Å². The van der Waals surface area contributed by atoms with Gasteiger partial charge in [-0.05, 0) is 54.7 Å². The molecule has 2 atom stereocenters. The largest absolute Gasteiger partial charge is 0.343 e. The number of nitrogens with zero attached hydrogens (tertiary/aromatic N) is 3. The summed E-state index contributed by atoms with van der Waals surface area (Å²) in [5.74, 6) is 1.44. The molecule has 0 radical (unpaired) electrons. The van der Waals surface area contributed by atoms with Crippen LogP contribution >= 0.6 is 11.6 Å². The molecule has 1 aromatic carbocycles. The average molecular weight is 405 g/mol. The Morgan fingerprint density at radius 3 is 2.55 bits per heavy atom. The summed E-state index contributed by atoms with van der Waals surface area (Å²) in [7, 11) is 0. The van der Waals surface area contributed by atoms with E-state index in [1.165, 1.54) is 0 Å². The maximum Gasteiger partial charge on any atom is 0.163 e. The molecule has 0 spiro atoms. The molecule has 3 aromatic rings. The van der Waals surface area contributed by atoms with Gasteiger partial charge in [0.1, 0.15) is 11.9 Å². The number of halogens is 1. The summed E-state index contributed by atoms with van der Waals surface area (Å²) in [5.41, 5.74) is 5.86. The van der Waals surface area contributed by atoms with Gasteiger partial charge in [-0.2, -0.15) is 5.10 Å². The van der Waals surface area contributed by atoms with Crippen molar-refractivity contribution in [2.45, 2.75) is 32.7 Å². The van der Waals surface area contributed by atoms with Gasteiger partial charge in [-0.25, -0.2) is 4.68 Å². The molecule has 3 heterocycles. The quantitative estimate of drug-likeness (QED) is 0.639. The minimum Gasteiger partial charge on any atom is -0.343 e. The molecule has 5 rings (SSSR count). The highest BCUT2D eigenvalue weighted by molar-refractivity contribution is 6.30. The molecule has 2 aliphatic rings. The van der Waals surface area contributed by atoms with Crippen molar-refractivity contribution in [2.75, 3.05) is 5.32 Å². The molecule has 0 bridgehead atoms. The Bertz CT molecular complexity index is 1130. The summed E-state index contributed by atoms with van der Waals surface area (Å²) in [5, 5.41) is 9.14. The SMILES string of the molecule is Cc1nn2c(c1-c1ccc(Cl)cc1)NC1=C(C(=O)C[C@H](C)C1)[C@H]2c1ccncc1. The predicted molar refractivity (Wildman–Crippen MR) is 114 cm³/mol. The fraction of sp³-hybridized carbons (Fsp3) is 0.261. The summed E-state index contributed by atoms with van der Waals surface area (Å²) in [6.45, 7) is 4.13. The summed E-state index contributed by atoms with van der Waals surface area (Å²) in [4.78, 5) is 17.2. The highest BCUT2D eigenvalue weighted by Crippen LogP contribution is 2.45. The normalized spacial score (nSPS) is 20.9. The smallest absolute Gasteiger partial charge is 0.163 e. The van der Waals surface area contributed by atoms with E-state index in [9.17, 15) is 4.79 Å². The first-order valence-corrected chi connectivity index (χ1v) is 10.2. The lowest BCUT2D eigenvalue weighted by molar-refractivity contribution is -0.117. The number of pyridine rings is 1. The number of fused-ring (bicyclic) bond motifs is 1. The van der Waals surface area contributed by atoms with Crippen molar-refractivity contribution in [3.05, 3.63) is 76.3 Å². The maximum atomic E-state index is 13.1. The molecule has 1 N–H and O–H groups in total. The number of allylic oxidation sites excluding steroid dienone is 2. The van der Waals surface area contributed by atoms with E-state index in [4.69, 9.17) is 16.7 Å². The van der Waals surface area contributed by atoms with Crippen LogP contribution in [-0.4, -0.2) is 20.5 Å². The van der Waals surface area contributed by atoms with E-state index in [1.807, 2.05) is 48.0 Å². The van der Waals surface area contributed by atoms with Gasteiger partial charge in [-0.3, -0.25) is 9.78 Å². The maximum absolute atomic E-state index is 13.1. The van der Waals surface area contributed by atoms with Crippen LogP contribution in [0.1, 0.15) is 37.1 Å². The van der Waals surface area contributed by atoms with Crippen LogP contribution in [0.2, 0.25) is 5.02 Å². The molecule has 5 nitrogen and oxygen atoms in total. The Hall–Kier alpha value is -2.92. The highest BCUT2D eigenvalue weighted by Gasteiger charge is 2.39. The van der Waals surface area contributed by atoms with E-state index in [0.717, 1.165) is 45.9 Å². The monoisotopic (exact) mass is 404 g/mol. The van der Waals surface area contributed by atoms with Gasteiger partial charge in [0.05, 0.1) is 5.69 Å². The fourth-order valence-corrected chi connectivity index (χ4v) is 4.62. The second kappa shape index (κ2) is 6.85. The molecular weight excluding hydrogens is 384 g/mol. The molecule has 2 aromatic heterocycles. The predicted octanol–water partition coefficient (Wildman–Crippen LogP) is 5.17. The second-order valence-electron chi connectivity index (χ2n) is 7.90. The fourth-order valence-electron chi connectivity index (χ4n) is 4.50. The number of Topliss-reactive ketones (excluding diaryl/α,β-unsaturated/α-hetero) is 1. The topological polar surface area (TPSA) is 59.8 Å². The minimum atomic E-state index is -0.246. The second-order valence-corrected chi connectivity index (χ2v) is 8.33. The van der Waals surface area contributed by atoms with E-state index in [0.29, 0.717) is 17.4 Å². The Kier molecular flexibility index (Phi) is 4.28. The molecule has 29 heavy (non-hydrogen) atoms. The Labute approximate surface area is 174 Å². The number of benzene rings is 1. The summed E-state index contributed by atoms with van der Waals surface area (Å²) < 4.78 is 1.96. The van der Waals surface area contributed by atoms with Gasteiger partial charge in [0, 0.05) is 40.7 Å². The number of nitrogens with one attached hydrogen (secondary N) is 1. The zero-order valence-corrected chi connectivity index (χ0v) is 17.1. The summed E-state index contributed by atoms with van der Waals surface area (Å²) in [6, 6.07) is 11.5. The van der Waals surface area contributed by atoms with Crippen LogP contribution < -0.4 is 5.32 Å². The van der Waals surface area contributed by atoms with E-state index >= 15 is 0 Å². The van der Waals surface area contributed by atoms with Crippen LogP contribution in [-0.2, 0) is 4.79 Å². The van der Waals surface area contributed by atoms with E-state index in [2.05, 4.69) is 17.2 Å². The number of aromatic nitrogens is 3. The van der Waals surface area contributed by atoms with Crippen LogP contribution in [0, 0.1) is 12.8 Å². The number of rotatable bonds is 2. The first-order chi connectivity index (χ1) is 14.0. The first-order valence-electron chi connectivity index (χ1n) is 9.81. The van der Waals surface area contributed by atoms with Gasteiger partial charge in [0.2, 0.25) is 0 Å². The zero-order chi connectivity index (χ0) is 20.1. The highest BCUT2D eigenvalue weighted by atomic mass is 35.5. The number of hydrogen-bond donors (Lipinski definition) is 1. The molecule has 0 unspecified atom stereocenters. The average Bonchev–Trinajstić information content (AvgIpc) is 3.03. The molecule has 0 saturated carbocycles. The third-order valence-electron chi connectivity index (χ3n) is 5.74. The number of anilines is 1. The van der Waals surface area contributed by atoms with Crippen LogP contribution in [0.5, 0.6) is 0 Å². The molecule has 146 valence electrons. The van der Waals surface area contributed by atoms with Gasteiger partial charge >= 0.3 is 0 Å². The number of carbonyl (C=O) groups is 1. The van der Waals surface area contributed by atoms with Crippen molar-refractivity contribution in [2.24, 2.45) is 5.92 Å². The van der Waals surface area contributed by atoms with Crippen LogP contribution in [0.15, 0.2) is 60.1 Å². The number of aryl methyl sites for hydroxylation is 1. The van der Waals surface area contributed by atoms with Crippen molar-refractivity contribution < 1.29 is 4.79 Å². The van der Waals surface area contributed by atoms with Gasteiger partial charge in [-0.15, -0.1) is 0 Å². The van der Waals surface area contributed by atoms with Crippen LogP contribution in [0.3, 0.4) is 0 Å². The van der Waals surface area contributed by atoms with E-state index in [1.54, 1.807) is 12.4 Å². The van der Waals surface area contributed by atoms with Crippen molar-refractivity contribution in [1.82, 2.24) is 14.8 Å². The lowest BCUT2D eigenvalue weighted by Gasteiger charge is -2.35. The molecule has 6 heteroatoms. The van der Waals surface area contributed by atoms with Crippen LogP contribution in [0.4, 0.5) is 5.82 Å². The van der Waals surface area contributed by atoms with E-state index < -0.39 is 0 Å². The van der Waals surface area contributed by atoms with Crippen LogP contribution in [0.25, 0.3) is 11.1 Å². The van der Waals surface area contributed by atoms with Crippen molar-refractivity contribution in [3.8, 4) is 11.1 Å². The van der Waals surface area contributed by atoms with E-state index in [-0.39, 0.29) is 11.8 Å². The zero-order valence-electron chi connectivity index (χ0n) is 16.3. The number of ketones is 1. The Morgan fingerprint density at radius 2 is 1.83 bits per heavy atom.